The average Bonchev–Trinajstić information content (AvgIpc) is 2.97. The second-order valence-electron chi connectivity index (χ2n) is 4.05. The lowest BCUT2D eigenvalue weighted by Gasteiger charge is -2.10. The van der Waals surface area contributed by atoms with Crippen LogP contribution >= 0.6 is 0 Å². The standard InChI is InChI=1S/C11H17N3O3/c1-3-9-10(11(15)16-2)12-13-14(9)7-8-5-4-6-17-8/h8H,3-7H2,1-2H3. The predicted octanol–water partition coefficient (Wildman–Crippen LogP) is 0.806. The van der Waals surface area contributed by atoms with Gasteiger partial charge in [0, 0.05) is 6.61 Å². The minimum absolute atomic E-state index is 0.187. The monoisotopic (exact) mass is 239 g/mol. The Morgan fingerprint density at radius 2 is 2.47 bits per heavy atom. The van der Waals surface area contributed by atoms with Gasteiger partial charge >= 0.3 is 5.97 Å². The zero-order valence-electron chi connectivity index (χ0n) is 10.2. The normalized spacial score (nSPS) is 19.5. The molecule has 0 aromatic carbocycles. The number of rotatable bonds is 4. The Kier molecular flexibility index (Phi) is 3.73. The maximum atomic E-state index is 11.5. The Morgan fingerprint density at radius 3 is 3.06 bits per heavy atom. The van der Waals surface area contributed by atoms with Gasteiger partial charge < -0.3 is 9.47 Å². The molecule has 1 fully saturated rings. The Labute approximate surface area is 99.9 Å². The first-order valence-electron chi connectivity index (χ1n) is 5.88. The van der Waals surface area contributed by atoms with Gasteiger partial charge in [-0.05, 0) is 19.3 Å². The molecule has 0 amide bonds. The molecule has 2 rings (SSSR count). The van der Waals surface area contributed by atoms with E-state index in [-0.39, 0.29) is 6.10 Å². The van der Waals surface area contributed by atoms with Gasteiger partial charge in [-0.1, -0.05) is 12.1 Å². The molecule has 2 heterocycles. The van der Waals surface area contributed by atoms with Gasteiger partial charge in [0.25, 0.3) is 0 Å². The molecular formula is C11H17N3O3. The van der Waals surface area contributed by atoms with Crippen LogP contribution in [0.2, 0.25) is 0 Å². The summed E-state index contributed by atoms with van der Waals surface area (Å²) in [4.78, 5) is 11.5. The average molecular weight is 239 g/mol. The van der Waals surface area contributed by atoms with E-state index in [1.165, 1.54) is 7.11 Å². The highest BCUT2D eigenvalue weighted by Gasteiger charge is 2.22. The van der Waals surface area contributed by atoms with E-state index in [0.29, 0.717) is 18.7 Å². The van der Waals surface area contributed by atoms with Crippen LogP contribution in [-0.4, -0.2) is 40.8 Å². The third-order valence-corrected chi connectivity index (χ3v) is 2.95. The molecule has 0 aliphatic carbocycles. The second kappa shape index (κ2) is 5.27. The largest absolute Gasteiger partial charge is 0.464 e. The molecule has 1 unspecified atom stereocenters. The van der Waals surface area contributed by atoms with Crippen LogP contribution in [0, 0.1) is 0 Å². The number of esters is 1. The van der Waals surface area contributed by atoms with Crippen LogP contribution in [0.4, 0.5) is 0 Å². The number of methoxy groups -OCH3 is 1. The fraction of sp³-hybridized carbons (Fsp3) is 0.727. The molecule has 17 heavy (non-hydrogen) atoms. The lowest BCUT2D eigenvalue weighted by molar-refractivity contribution is 0.0592. The summed E-state index contributed by atoms with van der Waals surface area (Å²) in [6.45, 7) is 3.44. The molecule has 0 saturated carbocycles. The minimum atomic E-state index is -0.430. The molecule has 1 aromatic heterocycles. The molecule has 1 saturated heterocycles. The molecule has 6 nitrogen and oxygen atoms in total. The van der Waals surface area contributed by atoms with Crippen molar-refractivity contribution in [3.8, 4) is 0 Å². The summed E-state index contributed by atoms with van der Waals surface area (Å²) in [5, 5.41) is 7.89. The maximum Gasteiger partial charge on any atom is 0.360 e. The Bertz CT molecular complexity index is 397. The van der Waals surface area contributed by atoms with Gasteiger partial charge in [-0.15, -0.1) is 5.10 Å². The zero-order chi connectivity index (χ0) is 12.3. The number of nitrogens with zero attached hydrogens (tertiary/aromatic N) is 3. The number of hydrogen-bond donors (Lipinski definition) is 0. The van der Waals surface area contributed by atoms with Crippen molar-refractivity contribution in [2.75, 3.05) is 13.7 Å². The van der Waals surface area contributed by atoms with E-state index < -0.39 is 5.97 Å². The minimum Gasteiger partial charge on any atom is -0.464 e. The van der Waals surface area contributed by atoms with Crippen LogP contribution in [0.15, 0.2) is 0 Å². The van der Waals surface area contributed by atoms with Crippen LogP contribution in [0.1, 0.15) is 35.9 Å². The summed E-state index contributed by atoms with van der Waals surface area (Å²) < 4.78 is 12.0. The number of aromatic nitrogens is 3. The van der Waals surface area contributed by atoms with Gasteiger partial charge in [0.2, 0.25) is 0 Å². The molecule has 6 heteroatoms. The van der Waals surface area contributed by atoms with Gasteiger partial charge in [0.05, 0.1) is 25.5 Å². The van der Waals surface area contributed by atoms with Crippen molar-refractivity contribution in [2.45, 2.75) is 38.8 Å². The lowest BCUT2D eigenvalue weighted by atomic mass is 10.2. The predicted molar refractivity (Wildman–Crippen MR) is 59.7 cm³/mol. The summed E-state index contributed by atoms with van der Waals surface area (Å²) in [5.41, 5.74) is 1.13. The Hall–Kier alpha value is -1.43. The van der Waals surface area contributed by atoms with E-state index in [2.05, 4.69) is 15.0 Å². The van der Waals surface area contributed by atoms with Crippen molar-refractivity contribution in [3.05, 3.63) is 11.4 Å². The van der Waals surface area contributed by atoms with Gasteiger partial charge in [-0.25, -0.2) is 9.48 Å². The van der Waals surface area contributed by atoms with Crippen molar-refractivity contribution < 1.29 is 14.3 Å². The molecule has 1 aromatic rings. The van der Waals surface area contributed by atoms with Crippen molar-refractivity contribution in [3.63, 3.8) is 0 Å². The zero-order valence-corrected chi connectivity index (χ0v) is 10.2. The quantitative estimate of drug-likeness (QED) is 0.727. The number of ether oxygens (including phenoxy) is 2. The molecule has 1 atom stereocenters. The molecule has 0 radical (unpaired) electrons. The Morgan fingerprint density at radius 1 is 1.65 bits per heavy atom. The summed E-state index contributed by atoms with van der Waals surface area (Å²) in [5.74, 6) is -0.430. The van der Waals surface area contributed by atoms with E-state index >= 15 is 0 Å². The van der Waals surface area contributed by atoms with Crippen molar-refractivity contribution in [1.82, 2.24) is 15.0 Å². The van der Waals surface area contributed by atoms with Gasteiger partial charge in [-0.3, -0.25) is 0 Å². The molecular weight excluding hydrogens is 222 g/mol. The molecule has 0 bridgehead atoms. The number of hydrogen-bond acceptors (Lipinski definition) is 5. The van der Waals surface area contributed by atoms with Crippen molar-refractivity contribution in [1.29, 1.82) is 0 Å². The fourth-order valence-corrected chi connectivity index (χ4v) is 2.07. The summed E-state index contributed by atoms with van der Waals surface area (Å²) in [7, 11) is 1.35. The van der Waals surface area contributed by atoms with Crippen LogP contribution < -0.4 is 0 Å². The highest BCUT2D eigenvalue weighted by atomic mass is 16.5. The smallest absolute Gasteiger partial charge is 0.360 e. The molecule has 0 spiro atoms. The van der Waals surface area contributed by atoms with E-state index in [4.69, 9.17) is 4.74 Å². The lowest BCUT2D eigenvalue weighted by Crippen LogP contribution is -2.18. The highest BCUT2D eigenvalue weighted by molar-refractivity contribution is 5.88. The van der Waals surface area contributed by atoms with E-state index in [1.807, 2.05) is 6.92 Å². The van der Waals surface area contributed by atoms with Gasteiger partial charge in [0.15, 0.2) is 5.69 Å². The first-order chi connectivity index (χ1) is 8.26. The number of carbonyl (C=O) groups excluding carboxylic acids is 1. The van der Waals surface area contributed by atoms with Crippen LogP contribution in [0.25, 0.3) is 0 Å². The second-order valence-corrected chi connectivity index (χ2v) is 4.05. The summed E-state index contributed by atoms with van der Waals surface area (Å²) >= 11 is 0. The maximum absolute atomic E-state index is 11.5. The first kappa shape index (κ1) is 12.0. The third kappa shape index (κ3) is 2.46. The fourth-order valence-electron chi connectivity index (χ4n) is 2.07. The summed E-state index contributed by atoms with van der Waals surface area (Å²) in [6, 6.07) is 0. The Balaban J connectivity index is 2.16. The van der Waals surface area contributed by atoms with Crippen molar-refractivity contribution in [2.24, 2.45) is 0 Å². The van der Waals surface area contributed by atoms with E-state index in [0.717, 1.165) is 25.1 Å². The summed E-state index contributed by atoms with van der Waals surface area (Å²) in [6.07, 6.45) is 3.01. The number of carbonyl (C=O) groups is 1. The molecule has 1 aliphatic rings. The van der Waals surface area contributed by atoms with Gasteiger partial charge in [0.1, 0.15) is 0 Å². The van der Waals surface area contributed by atoms with Crippen LogP contribution in [0.5, 0.6) is 0 Å². The first-order valence-corrected chi connectivity index (χ1v) is 5.88. The molecule has 1 aliphatic heterocycles. The highest BCUT2D eigenvalue weighted by Crippen LogP contribution is 2.16. The van der Waals surface area contributed by atoms with Crippen LogP contribution in [0.3, 0.4) is 0 Å². The van der Waals surface area contributed by atoms with Crippen LogP contribution in [-0.2, 0) is 22.4 Å². The van der Waals surface area contributed by atoms with Crippen molar-refractivity contribution >= 4 is 5.97 Å². The van der Waals surface area contributed by atoms with Gasteiger partial charge in [-0.2, -0.15) is 0 Å². The van der Waals surface area contributed by atoms with E-state index in [1.54, 1.807) is 4.68 Å². The topological polar surface area (TPSA) is 66.2 Å². The third-order valence-electron chi connectivity index (χ3n) is 2.95. The van der Waals surface area contributed by atoms with E-state index in [9.17, 15) is 4.79 Å². The SMILES string of the molecule is CCc1c(C(=O)OC)nnn1CC1CCCO1. The molecule has 0 N–H and O–H groups in total. The molecule has 94 valence electrons.